The molecule has 1 saturated carbocycles. The van der Waals surface area contributed by atoms with E-state index in [9.17, 15) is 4.79 Å². The van der Waals surface area contributed by atoms with Crippen LogP contribution in [0.1, 0.15) is 37.7 Å². The predicted molar refractivity (Wildman–Crippen MR) is 82.4 cm³/mol. The fourth-order valence-corrected chi connectivity index (χ4v) is 3.70. The molecule has 1 aliphatic carbocycles. The molecule has 3 rings (SSSR count). The van der Waals surface area contributed by atoms with E-state index in [1.165, 1.54) is 16.3 Å². The Bertz CT molecular complexity index is 627. The van der Waals surface area contributed by atoms with Gasteiger partial charge in [0.05, 0.1) is 0 Å². The average molecular weight is 317 g/mol. The van der Waals surface area contributed by atoms with Crippen molar-refractivity contribution in [1.29, 1.82) is 0 Å². The van der Waals surface area contributed by atoms with Gasteiger partial charge in [-0.1, -0.05) is 53.2 Å². The Kier molecular flexibility index (Phi) is 3.44. The first-order valence-corrected chi connectivity index (χ1v) is 7.66. The zero-order chi connectivity index (χ0) is 13.4. The second kappa shape index (κ2) is 5.09. The molecule has 2 unspecified atom stereocenters. The van der Waals surface area contributed by atoms with Gasteiger partial charge in [0.2, 0.25) is 0 Å². The normalized spacial score (nSPS) is 23.8. The first-order valence-electron chi connectivity index (χ1n) is 6.86. The maximum Gasteiger partial charge on any atom is 0.136 e. The van der Waals surface area contributed by atoms with Crippen LogP contribution in [0.2, 0.25) is 0 Å². The van der Waals surface area contributed by atoms with E-state index < -0.39 is 0 Å². The molecule has 1 fully saturated rings. The topological polar surface area (TPSA) is 17.1 Å². The van der Waals surface area contributed by atoms with Crippen LogP contribution < -0.4 is 0 Å². The first kappa shape index (κ1) is 12.9. The Morgan fingerprint density at radius 2 is 1.84 bits per heavy atom. The quantitative estimate of drug-likeness (QED) is 0.717. The minimum Gasteiger partial charge on any atom is -0.299 e. The predicted octanol–water partition coefficient (Wildman–Crippen LogP) is 5.08. The number of benzene rings is 2. The van der Waals surface area contributed by atoms with E-state index in [0.717, 1.165) is 17.3 Å². The van der Waals surface area contributed by atoms with E-state index in [-0.39, 0.29) is 5.92 Å². The summed E-state index contributed by atoms with van der Waals surface area (Å²) in [6, 6.07) is 12.7. The standard InChI is InChI=1S/C17H17BrO/c1-11-8-9-13(10-16(11)19)14-6-2-4-12-5-3-7-15(18)17(12)14/h2-7,11,13H,8-10H2,1H3. The molecule has 0 bridgehead atoms. The smallest absolute Gasteiger partial charge is 0.136 e. The minimum atomic E-state index is 0.245. The minimum absolute atomic E-state index is 0.245. The van der Waals surface area contributed by atoms with Crippen LogP contribution in [0.5, 0.6) is 0 Å². The average Bonchev–Trinajstić information content (AvgIpc) is 2.42. The first-order chi connectivity index (χ1) is 9.16. The highest BCUT2D eigenvalue weighted by atomic mass is 79.9. The molecule has 0 N–H and O–H groups in total. The number of carbonyl (C=O) groups excluding carboxylic acids is 1. The number of Topliss-reactive ketones (excluding diaryl/α,β-unsaturated/α-hetero) is 1. The summed E-state index contributed by atoms with van der Waals surface area (Å²) in [5.41, 5.74) is 1.32. The molecule has 19 heavy (non-hydrogen) atoms. The summed E-state index contributed by atoms with van der Waals surface area (Å²) in [6.07, 6.45) is 2.83. The van der Waals surface area contributed by atoms with Crippen molar-refractivity contribution in [3.05, 3.63) is 46.4 Å². The summed E-state index contributed by atoms with van der Waals surface area (Å²) < 4.78 is 1.13. The number of hydrogen-bond donors (Lipinski definition) is 0. The van der Waals surface area contributed by atoms with E-state index in [4.69, 9.17) is 0 Å². The van der Waals surface area contributed by atoms with Gasteiger partial charge >= 0.3 is 0 Å². The van der Waals surface area contributed by atoms with E-state index >= 15 is 0 Å². The van der Waals surface area contributed by atoms with Gasteiger partial charge in [0, 0.05) is 16.8 Å². The van der Waals surface area contributed by atoms with Crippen molar-refractivity contribution in [3.8, 4) is 0 Å². The number of rotatable bonds is 1. The Balaban J connectivity index is 2.08. The van der Waals surface area contributed by atoms with E-state index in [1.54, 1.807) is 0 Å². The van der Waals surface area contributed by atoms with Gasteiger partial charge in [-0.3, -0.25) is 4.79 Å². The van der Waals surface area contributed by atoms with Crippen LogP contribution in [-0.2, 0) is 4.79 Å². The molecule has 2 aromatic rings. The number of fused-ring (bicyclic) bond motifs is 1. The summed E-state index contributed by atoms with van der Waals surface area (Å²) >= 11 is 3.66. The molecule has 0 radical (unpaired) electrons. The lowest BCUT2D eigenvalue weighted by atomic mass is 9.77. The van der Waals surface area contributed by atoms with Crippen LogP contribution in [0.4, 0.5) is 0 Å². The molecule has 0 spiro atoms. The molecule has 0 aliphatic heterocycles. The van der Waals surface area contributed by atoms with Crippen molar-refractivity contribution >= 4 is 32.5 Å². The summed E-state index contributed by atoms with van der Waals surface area (Å²) in [7, 11) is 0. The Hall–Kier alpha value is -1.15. The second-order valence-electron chi connectivity index (χ2n) is 5.53. The van der Waals surface area contributed by atoms with Gasteiger partial charge in [0.15, 0.2) is 0 Å². The molecule has 0 amide bonds. The molecular formula is C17H17BrO. The largest absolute Gasteiger partial charge is 0.299 e. The molecule has 2 aromatic carbocycles. The van der Waals surface area contributed by atoms with Gasteiger partial charge in [-0.25, -0.2) is 0 Å². The van der Waals surface area contributed by atoms with Crippen LogP contribution in [0.25, 0.3) is 10.8 Å². The molecule has 1 nitrogen and oxygen atoms in total. The van der Waals surface area contributed by atoms with Crippen molar-refractivity contribution in [2.45, 2.75) is 32.1 Å². The summed E-state index contributed by atoms with van der Waals surface area (Å²) in [6.45, 7) is 2.05. The maximum absolute atomic E-state index is 12.0. The van der Waals surface area contributed by atoms with Crippen molar-refractivity contribution in [3.63, 3.8) is 0 Å². The lowest BCUT2D eigenvalue weighted by molar-refractivity contribution is -0.124. The third-order valence-electron chi connectivity index (χ3n) is 4.27. The van der Waals surface area contributed by atoms with Gasteiger partial charge in [-0.05, 0) is 41.2 Å². The second-order valence-corrected chi connectivity index (χ2v) is 6.39. The summed E-state index contributed by atoms with van der Waals surface area (Å²) in [5, 5.41) is 2.52. The zero-order valence-electron chi connectivity index (χ0n) is 11.0. The van der Waals surface area contributed by atoms with Crippen LogP contribution in [0.15, 0.2) is 40.9 Å². The molecule has 1 aliphatic rings. The number of hydrogen-bond acceptors (Lipinski definition) is 1. The maximum atomic E-state index is 12.0. The number of ketones is 1. The highest BCUT2D eigenvalue weighted by Gasteiger charge is 2.27. The van der Waals surface area contributed by atoms with Gasteiger partial charge < -0.3 is 0 Å². The van der Waals surface area contributed by atoms with Crippen LogP contribution >= 0.6 is 15.9 Å². The molecule has 0 aromatic heterocycles. The molecule has 98 valence electrons. The third-order valence-corrected chi connectivity index (χ3v) is 4.93. The van der Waals surface area contributed by atoms with Crippen LogP contribution in [0.3, 0.4) is 0 Å². The molecule has 0 saturated heterocycles. The molecule has 2 heteroatoms. The SMILES string of the molecule is CC1CCC(c2cccc3cccc(Br)c23)CC1=O. The van der Waals surface area contributed by atoms with Gasteiger partial charge in [-0.15, -0.1) is 0 Å². The highest BCUT2D eigenvalue weighted by molar-refractivity contribution is 9.10. The van der Waals surface area contributed by atoms with Crippen molar-refractivity contribution in [2.24, 2.45) is 5.92 Å². The van der Waals surface area contributed by atoms with Crippen LogP contribution in [-0.4, -0.2) is 5.78 Å². The zero-order valence-corrected chi connectivity index (χ0v) is 12.6. The van der Waals surface area contributed by atoms with E-state index in [1.807, 2.05) is 0 Å². The Morgan fingerprint density at radius 3 is 2.58 bits per heavy atom. The van der Waals surface area contributed by atoms with E-state index in [2.05, 4.69) is 59.3 Å². The van der Waals surface area contributed by atoms with E-state index in [0.29, 0.717) is 18.1 Å². The third kappa shape index (κ3) is 2.34. The lowest BCUT2D eigenvalue weighted by Gasteiger charge is -2.26. The van der Waals surface area contributed by atoms with Crippen molar-refractivity contribution in [2.75, 3.05) is 0 Å². The molecule has 2 atom stereocenters. The number of halogens is 1. The van der Waals surface area contributed by atoms with Gasteiger partial charge in [0.1, 0.15) is 5.78 Å². The summed E-state index contributed by atoms with van der Waals surface area (Å²) in [4.78, 5) is 12.0. The summed E-state index contributed by atoms with van der Waals surface area (Å²) in [5.74, 6) is 1.04. The number of carbonyl (C=O) groups is 1. The Morgan fingerprint density at radius 1 is 1.11 bits per heavy atom. The molecule has 0 heterocycles. The fraction of sp³-hybridized carbons (Fsp3) is 0.353. The van der Waals surface area contributed by atoms with Crippen molar-refractivity contribution < 1.29 is 4.79 Å². The van der Waals surface area contributed by atoms with Gasteiger partial charge in [-0.2, -0.15) is 0 Å². The lowest BCUT2D eigenvalue weighted by Crippen LogP contribution is -2.21. The Labute approximate surface area is 122 Å². The fourth-order valence-electron chi connectivity index (χ4n) is 3.09. The van der Waals surface area contributed by atoms with Crippen molar-refractivity contribution in [1.82, 2.24) is 0 Å². The van der Waals surface area contributed by atoms with Gasteiger partial charge in [0.25, 0.3) is 0 Å². The highest BCUT2D eigenvalue weighted by Crippen LogP contribution is 2.39. The monoisotopic (exact) mass is 316 g/mol. The van der Waals surface area contributed by atoms with Crippen LogP contribution in [0, 0.1) is 5.92 Å². The molecular weight excluding hydrogens is 300 g/mol.